The molecule has 2 nitrogen and oxygen atoms in total. The Balaban J connectivity index is 0.973. The molecule has 0 bridgehead atoms. The van der Waals surface area contributed by atoms with Crippen molar-refractivity contribution in [1.82, 2.24) is 4.57 Å². The second kappa shape index (κ2) is 13.9. The molecule has 0 aliphatic heterocycles. The summed E-state index contributed by atoms with van der Waals surface area (Å²) in [5.74, 6) is 0. The van der Waals surface area contributed by atoms with Gasteiger partial charge in [-0.2, -0.15) is 0 Å². The number of hydrogen-bond donors (Lipinski definition) is 0. The number of anilines is 3. The lowest BCUT2D eigenvalue weighted by atomic mass is 9.93. The second-order valence-corrected chi connectivity index (χ2v) is 15.7. The summed E-state index contributed by atoms with van der Waals surface area (Å²) in [4.78, 5) is 2.38. The van der Waals surface area contributed by atoms with Crippen LogP contribution in [0.5, 0.6) is 0 Å². The number of benzene rings is 11. The molecule has 0 saturated carbocycles. The molecule has 0 N–H and O–H groups in total. The lowest BCUT2D eigenvalue weighted by Crippen LogP contribution is -2.09. The van der Waals surface area contributed by atoms with E-state index in [1.807, 2.05) is 0 Å². The molecule has 0 atom stereocenters. The lowest BCUT2D eigenvalue weighted by Gasteiger charge is -2.26. The molecular formula is C58H38N2. The molecule has 0 fully saturated rings. The largest absolute Gasteiger partial charge is 0.310 e. The van der Waals surface area contributed by atoms with Gasteiger partial charge in [-0.15, -0.1) is 0 Å². The highest BCUT2D eigenvalue weighted by Gasteiger charge is 2.18. The van der Waals surface area contributed by atoms with Gasteiger partial charge in [-0.25, -0.2) is 0 Å². The van der Waals surface area contributed by atoms with Gasteiger partial charge in [0.25, 0.3) is 0 Å². The van der Waals surface area contributed by atoms with Crippen molar-refractivity contribution in [2.45, 2.75) is 0 Å². The van der Waals surface area contributed by atoms with Crippen LogP contribution in [0.25, 0.3) is 92.8 Å². The first-order valence-corrected chi connectivity index (χ1v) is 20.7. The third kappa shape index (κ3) is 5.57. The average molecular weight is 763 g/mol. The quantitative estimate of drug-likeness (QED) is 0.153. The first-order valence-electron chi connectivity index (χ1n) is 20.7. The summed E-state index contributed by atoms with van der Waals surface area (Å²) in [6.45, 7) is 0. The number of nitrogens with zero attached hydrogens (tertiary/aromatic N) is 2. The zero-order valence-corrected chi connectivity index (χ0v) is 32.8. The standard InChI is InChI=1S/C58H38N2/c1-2-16-46(17-3-1)60-57-38-44(28-34-54(57)55-35-27-41-13-6-9-19-51(41)58(55)60)40-22-29-47(30-23-40)59(49-33-24-39-12-4-5-14-43(39)36-49)48-31-25-42(26-32-48)56-37-45-15-7-8-18-50(45)52-20-10-11-21-53(52)56/h1-38H. The van der Waals surface area contributed by atoms with Crippen LogP contribution in [0.15, 0.2) is 231 Å². The molecule has 1 heterocycles. The van der Waals surface area contributed by atoms with Crippen molar-refractivity contribution < 1.29 is 0 Å². The van der Waals surface area contributed by atoms with Gasteiger partial charge in [0.15, 0.2) is 0 Å². The van der Waals surface area contributed by atoms with Crippen molar-refractivity contribution in [2.75, 3.05) is 4.90 Å². The van der Waals surface area contributed by atoms with Crippen LogP contribution in [-0.2, 0) is 0 Å². The Bertz CT molecular complexity index is 3580. The zero-order chi connectivity index (χ0) is 39.6. The fraction of sp³-hybridized carbons (Fsp3) is 0. The smallest absolute Gasteiger partial charge is 0.0619 e. The summed E-state index contributed by atoms with van der Waals surface area (Å²) >= 11 is 0. The van der Waals surface area contributed by atoms with Gasteiger partial charge in [0.2, 0.25) is 0 Å². The summed E-state index contributed by atoms with van der Waals surface area (Å²) in [6, 6.07) is 84.3. The van der Waals surface area contributed by atoms with Crippen LogP contribution < -0.4 is 4.90 Å². The van der Waals surface area contributed by atoms with Gasteiger partial charge in [-0.1, -0.05) is 170 Å². The molecule has 280 valence electrons. The van der Waals surface area contributed by atoms with Crippen LogP contribution >= 0.6 is 0 Å². The fourth-order valence-corrected chi connectivity index (χ4v) is 9.45. The molecular weight excluding hydrogens is 725 g/mol. The maximum absolute atomic E-state index is 2.44. The number of rotatable bonds is 6. The molecule has 0 unspecified atom stereocenters. The van der Waals surface area contributed by atoms with Crippen LogP contribution in [0.1, 0.15) is 0 Å². The molecule has 0 spiro atoms. The monoisotopic (exact) mass is 762 g/mol. The Labute approximate surface area is 348 Å². The summed E-state index contributed by atoms with van der Waals surface area (Å²) in [5, 5.41) is 12.5. The van der Waals surface area contributed by atoms with E-state index in [2.05, 4.69) is 240 Å². The van der Waals surface area contributed by atoms with E-state index in [-0.39, 0.29) is 0 Å². The Morgan fingerprint density at radius 3 is 1.60 bits per heavy atom. The Kier molecular flexibility index (Phi) is 7.89. The van der Waals surface area contributed by atoms with Gasteiger partial charge in [-0.3, -0.25) is 0 Å². The van der Waals surface area contributed by atoms with Crippen molar-refractivity contribution >= 4 is 82.0 Å². The molecule has 2 heteroatoms. The van der Waals surface area contributed by atoms with Crippen LogP contribution in [0.4, 0.5) is 17.1 Å². The summed E-state index contributed by atoms with van der Waals surface area (Å²) in [6.07, 6.45) is 0. The molecule has 12 aromatic rings. The van der Waals surface area contributed by atoms with Crippen LogP contribution in [0.3, 0.4) is 0 Å². The fourth-order valence-electron chi connectivity index (χ4n) is 9.45. The normalized spacial score (nSPS) is 11.7. The Morgan fingerprint density at radius 2 is 0.833 bits per heavy atom. The highest BCUT2D eigenvalue weighted by Crippen LogP contribution is 2.42. The molecule has 0 amide bonds. The number of fused-ring (bicyclic) bond motifs is 9. The molecule has 0 aliphatic carbocycles. The van der Waals surface area contributed by atoms with Crippen LogP contribution in [-0.4, -0.2) is 4.57 Å². The first kappa shape index (κ1) is 34.1. The SMILES string of the molecule is c1ccc(-n2c3cc(-c4ccc(N(c5ccc(-c6cc7ccccc7c7ccccc67)cc5)c5ccc6ccccc6c5)cc4)ccc3c3ccc4ccccc4c32)cc1. The van der Waals surface area contributed by atoms with E-state index < -0.39 is 0 Å². The highest BCUT2D eigenvalue weighted by molar-refractivity contribution is 6.19. The minimum atomic E-state index is 1.10. The number of para-hydroxylation sites is 1. The molecule has 0 aliphatic rings. The van der Waals surface area contributed by atoms with Gasteiger partial charge in [0.1, 0.15) is 0 Å². The van der Waals surface area contributed by atoms with E-state index in [1.165, 1.54) is 87.1 Å². The summed E-state index contributed by atoms with van der Waals surface area (Å²) in [5.41, 5.74) is 11.7. The third-order valence-electron chi connectivity index (χ3n) is 12.3. The van der Waals surface area contributed by atoms with Gasteiger partial charge >= 0.3 is 0 Å². The molecule has 1 aromatic heterocycles. The zero-order valence-electron chi connectivity index (χ0n) is 32.8. The molecule has 60 heavy (non-hydrogen) atoms. The Morgan fingerprint density at radius 1 is 0.283 bits per heavy atom. The predicted octanol–water partition coefficient (Wildman–Crippen LogP) is 16.2. The summed E-state index contributed by atoms with van der Waals surface area (Å²) in [7, 11) is 0. The molecule has 12 rings (SSSR count). The number of hydrogen-bond acceptors (Lipinski definition) is 1. The second-order valence-electron chi connectivity index (χ2n) is 15.7. The minimum Gasteiger partial charge on any atom is -0.310 e. The van der Waals surface area contributed by atoms with Crippen LogP contribution in [0.2, 0.25) is 0 Å². The van der Waals surface area contributed by atoms with Crippen molar-refractivity contribution in [3.05, 3.63) is 231 Å². The first-order chi connectivity index (χ1) is 29.7. The van der Waals surface area contributed by atoms with Gasteiger partial charge in [0, 0.05) is 38.9 Å². The van der Waals surface area contributed by atoms with Gasteiger partial charge in [-0.05, 0) is 121 Å². The van der Waals surface area contributed by atoms with E-state index in [1.54, 1.807) is 0 Å². The van der Waals surface area contributed by atoms with Crippen molar-refractivity contribution in [1.29, 1.82) is 0 Å². The maximum atomic E-state index is 2.44. The van der Waals surface area contributed by atoms with Gasteiger partial charge in [0.05, 0.1) is 11.0 Å². The third-order valence-corrected chi connectivity index (χ3v) is 12.3. The highest BCUT2D eigenvalue weighted by atomic mass is 15.1. The molecule has 0 saturated heterocycles. The van der Waals surface area contributed by atoms with Crippen LogP contribution in [0, 0.1) is 0 Å². The van der Waals surface area contributed by atoms with E-state index >= 15 is 0 Å². The maximum Gasteiger partial charge on any atom is 0.0619 e. The van der Waals surface area contributed by atoms with E-state index in [9.17, 15) is 0 Å². The Hall–Kier alpha value is -7.94. The van der Waals surface area contributed by atoms with Gasteiger partial charge < -0.3 is 9.47 Å². The summed E-state index contributed by atoms with van der Waals surface area (Å²) < 4.78 is 2.44. The topological polar surface area (TPSA) is 8.17 Å². The molecule has 0 radical (unpaired) electrons. The number of aromatic nitrogens is 1. The van der Waals surface area contributed by atoms with E-state index in [0.717, 1.165) is 22.7 Å². The predicted molar refractivity (Wildman–Crippen MR) is 256 cm³/mol. The van der Waals surface area contributed by atoms with Crippen molar-refractivity contribution in [3.63, 3.8) is 0 Å². The van der Waals surface area contributed by atoms with E-state index in [4.69, 9.17) is 0 Å². The minimum absolute atomic E-state index is 1.10. The molecule has 11 aromatic carbocycles. The average Bonchev–Trinajstić information content (AvgIpc) is 3.66. The van der Waals surface area contributed by atoms with E-state index in [0.29, 0.717) is 0 Å². The van der Waals surface area contributed by atoms with Crippen molar-refractivity contribution in [3.8, 4) is 27.9 Å². The lowest BCUT2D eigenvalue weighted by molar-refractivity contribution is 1.19. The van der Waals surface area contributed by atoms with Crippen molar-refractivity contribution in [2.24, 2.45) is 0 Å².